The fourth-order valence-corrected chi connectivity index (χ4v) is 1.56. The zero-order chi connectivity index (χ0) is 13.1. The molecule has 8 heteroatoms. The first-order chi connectivity index (χ1) is 7.82. The van der Waals surface area contributed by atoms with Crippen molar-refractivity contribution < 1.29 is 0 Å². The first-order valence-corrected chi connectivity index (χ1v) is 7.30. The Bertz CT molecular complexity index is 381. The Morgan fingerprint density at radius 3 is 2.35 bits per heavy atom. The molecule has 0 aliphatic heterocycles. The highest BCUT2D eigenvalue weighted by Gasteiger charge is 2.28. The van der Waals surface area contributed by atoms with Crippen molar-refractivity contribution >= 4 is 52.5 Å². The summed E-state index contributed by atoms with van der Waals surface area (Å²) in [4.78, 5) is 12.3. The molecule has 0 saturated carbocycles. The third kappa shape index (κ3) is 5.04. The topological polar surface area (TPSA) is 50.7 Å². The van der Waals surface area contributed by atoms with Crippen LogP contribution in [0, 0.1) is 5.92 Å². The van der Waals surface area contributed by atoms with Crippen molar-refractivity contribution in [3.63, 3.8) is 0 Å². The third-order valence-electron chi connectivity index (χ3n) is 1.72. The molecule has 0 bridgehead atoms. The van der Waals surface area contributed by atoms with E-state index in [4.69, 9.17) is 34.8 Å². The van der Waals surface area contributed by atoms with Crippen LogP contribution in [-0.4, -0.2) is 27.8 Å². The lowest BCUT2D eigenvalue weighted by Crippen LogP contribution is -2.15. The minimum Gasteiger partial charge on any atom is -0.354 e. The lowest BCUT2D eigenvalue weighted by atomic mass is 10.2. The molecule has 1 aromatic rings. The van der Waals surface area contributed by atoms with E-state index in [0.29, 0.717) is 17.0 Å². The maximum Gasteiger partial charge on any atom is 0.250 e. The smallest absolute Gasteiger partial charge is 0.250 e. The standard InChI is InChI=1S/C9H13Cl3N4S/c1-5(2)4-13-7-14-6(9(10,11)12)15-8(16-7)17-3/h5H,4H2,1-3H3,(H,13,14,15,16). The molecule has 17 heavy (non-hydrogen) atoms. The summed E-state index contributed by atoms with van der Waals surface area (Å²) in [6.45, 7) is 4.91. The Balaban J connectivity index is 2.97. The van der Waals surface area contributed by atoms with Gasteiger partial charge in [-0.05, 0) is 12.2 Å². The normalized spacial score (nSPS) is 11.9. The third-order valence-corrected chi connectivity index (χ3v) is 2.77. The molecule has 1 N–H and O–H groups in total. The van der Waals surface area contributed by atoms with Crippen LogP contribution in [0.2, 0.25) is 0 Å². The van der Waals surface area contributed by atoms with Crippen LogP contribution in [-0.2, 0) is 3.79 Å². The number of anilines is 1. The lowest BCUT2D eigenvalue weighted by Gasteiger charge is -2.13. The summed E-state index contributed by atoms with van der Waals surface area (Å²) in [5.41, 5.74) is 0. The van der Waals surface area contributed by atoms with E-state index >= 15 is 0 Å². The summed E-state index contributed by atoms with van der Waals surface area (Å²) in [5, 5.41) is 3.60. The van der Waals surface area contributed by atoms with Crippen molar-refractivity contribution in [2.45, 2.75) is 22.8 Å². The van der Waals surface area contributed by atoms with Crippen LogP contribution in [0.5, 0.6) is 0 Å². The van der Waals surface area contributed by atoms with Gasteiger partial charge in [-0.1, -0.05) is 60.4 Å². The van der Waals surface area contributed by atoms with Crippen LogP contribution in [0.15, 0.2) is 5.16 Å². The summed E-state index contributed by atoms with van der Waals surface area (Å²) in [5.74, 6) is 1.04. The molecule has 0 aliphatic rings. The number of hydrogen-bond acceptors (Lipinski definition) is 5. The maximum absolute atomic E-state index is 5.76. The summed E-state index contributed by atoms with van der Waals surface area (Å²) in [7, 11) is 0. The van der Waals surface area contributed by atoms with E-state index in [1.165, 1.54) is 11.8 Å². The average molecular weight is 316 g/mol. The highest BCUT2D eigenvalue weighted by Crippen LogP contribution is 2.36. The number of aromatic nitrogens is 3. The molecule has 1 heterocycles. The van der Waals surface area contributed by atoms with Gasteiger partial charge in [0.2, 0.25) is 9.74 Å². The van der Waals surface area contributed by atoms with Gasteiger partial charge in [0.05, 0.1) is 0 Å². The molecular formula is C9H13Cl3N4S. The number of nitrogens with one attached hydrogen (secondary N) is 1. The van der Waals surface area contributed by atoms with Gasteiger partial charge in [0, 0.05) is 6.54 Å². The minimum atomic E-state index is -1.64. The summed E-state index contributed by atoms with van der Waals surface area (Å²) < 4.78 is -1.64. The van der Waals surface area contributed by atoms with Crippen LogP contribution in [0.3, 0.4) is 0 Å². The first-order valence-electron chi connectivity index (χ1n) is 4.94. The van der Waals surface area contributed by atoms with Gasteiger partial charge in [-0.2, -0.15) is 9.97 Å². The van der Waals surface area contributed by atoms with Gasteiger partial charge in [0.15, 0.2) is 11.0 Å². The molecule has 0 aliphatic carbocycles. The van der Waals surface area contributed by atoms with Crippen LogP contribution in [0.25, 0.3) is 0 Å². The van der Waals surface area contributed by atoms with E-state index in [1.54, 1.807) is 0 Å². The number of alkyl halides is 3. The number of halogens is 3. The molecule has 1 aromatic heterocycles. The molecule has 96 valence electrons. The average Bonchev–Trinajstić information content (AvgIpc) is 2.24. The second-order valence-electron chi connectivity index (χ2n) is 3.74. The quantitative estimate of drug-likeness (QED) is 0.681. The van der Waals surface area contributed by atoms with E-state index in [1.807, 2.05) is 6.26 Å². The van der Waals surface area contributed by atoms with E-state index in [0.717, 1.165) is 6.54 Å². The predicted molar refractivity (Wildman–Crippen MR) is 74.2 cm³/mol. The molecule has 0 unspecified atom stereocenters. The Morgan fingerprint density at radius 1 is 1.24 bits per heavy atom. The Labute approximate surface area is 120 Å². The molecule has 0 aromatic carbocycles. The highest BCUT2D eigenvalue weighted by atomic mass is 35.6. The van der Waals surface area contributed by atoms with Gasteiger partial charge in [0.25, 0.3) is 0 Å². The first kappa shape index (κ1) is 15.1. The van der Waals surface area contributed by atoms with E-state index < -0.39 is 3.79 Å². The van der Waals surface area contributed by atoms with Crippen molar-refractivity contribution in [2.24, 2.45) is 5.92 Å². The molecule has 0 spiro atoms. The largest absolute Gasteiger partial charge is 0.354 e. The number of thioether (sulfide) groups is 1. The van der Waals surface area contributed by atoms with Gasteiger partial charge in [-0.25, -0.2) is 4.98 Å². The molecule has 0 amide bonds. The second-order valence-corrected chi connectivity index (χ2v) is 6.80. The SMILES string of the molecule is CSc1nc(NCC(C)C)nc(C(Cl)(Cl)Cl)n1. The van der Waals surface area contributed by atoms with Crippen LogP contribution in [0.1, 0.15) is 19.7 Å². The Hall–Kier alpha value is 0.0300. The molecular weight excluding hydrogens is 303 g/mol. The van der Waals surface area contributed by atoms with Gasteiger partial charge < -0.3 is 5.32 Å². The van der Waals surface area contributed by atoms with Gasteiger partial charge in [0.1, 0.15) is 0 Å². The van der Waals surface area contributed by atoms with E-state index in [-0.39, 0.29) is 5.82 Å². The fraction of sp³-hybridized carbons (Fsp3) is 0.667. The summed E-state index contributed by atoms with van der Waals surface area (Å²) in [6.07, 6.45) is 1.85. The predicted octanol–water partition coefficient (Wildman–Crippen LogP) is 3.49. The van der Waals surface area contributed by atoms with Crippen LogP contribution < -0.4 is 5.32 Å². The van der Waals surface area contributed by atoms with Crippen LogP contribution in [0.4, 0.5) is 5.95 Å². The van der Waals surface area contributed by atoms with Gasteiger partial charge in [-0.15, -0.1) is 0 Å². The number of nitrogens with zero attached hydrogens (tertiary/aromatic N) is 3. The molecule has 0 saturated heterocycles. The van der Waals surface area contributed by atoms with Crippen molar-refractivity contribution in [3.8, 4) is 0 Å². The van der Waals surface area contributed by atoms with Crippen molar-refractivity contribution in [1.82, 2.24) is 15.0 Å². The summed E-state index contributed by atoms with van der Waals surface area (Å²) >= 11 is 18.7. The molecule has 0 atom stereocenters. The van der Waals surface area contributed by atoms with Crippen LogP contribution >= 0.6 is 46.6 Å². The molecule has 1 rings (SSSR count). The van der Waals surface area contributed by atoms with E-state index in [9.17, 15) is 0 Å². The number of hydrogen-bond donors (Lipinski definition) is 1. The van der Waals surface area contributed by atoms with Gasteiger partial charge >= 0.3 is 0 Å². The zero-order valence-corrected chi connectivity index (χ0v) is 12.8. The Morgan fingerprint density at radius 2 is 1.88 bits per heavy atom. The zero-order valence-electron chi connectivity index (χ0n) is 9.67. The van der Waals surface area contributed by atoms with Crippen molar-refractivity contribution in [2.75, 3.05) is 18.1 Å². The monoisotopic (exact) mass is 314 g/mol. The molecule has 4 nitrogen and oxygen atoms in total. The number of rotatable bonds is 4. The summed E-state index contributed by atoms with van der Waals surface area (Å²) in [6, 6.07) is 0. The fourth-order valence-electron chi connectivity index (χ4n) is 0.949. The molecule has 0 fully saturated rings. The lowest BCUT2D eigenvalue weighted by molar-refractivity contribution is 0.679. The van der Waals surface area contributed by atoms with E-state index in [2.05, 4.69) is 34.1 Å². The molecule has 0 radical (unpaired) electrons. The second kappa shape index (κ2) is 6.27. The van der Waals surface area contributed by atoms with Crippen molar-refractivity contribution in [1.29, 1.82) is 0 Å². The minimum absolute atomic E-state index is 0.133. The maximum atomic E-state index is 5.76. The van der Waals surface area contributed by atoms with Crippen molar-refractivity contribution in [3.05, 3.63) is 5.82 Å². The Kier molecular flexibility index (Phi) is 5.57. The van der Waals surface area contributed by atoms with Gasteiger partial charge in [-0.3, -0.25) is 0 Å². The highest BCUT2D eigenvalue weighted by molar-refractivity contribution is 7.98.